The van der Waals surface area contributed by atoms with Crippen molar-refractivity contribution in [2.75, 3.05) is 32.8 Å². The van der Waals surface area contributed by atoms with Gasteiger partial charge in [-0.15, -0.1) is 0 Å². The summed E-state index contributed by atoms with van der Waals surface area (Å²) in [5, 5.41) is 9.61. The zero-order valence-electron chi connectivity index (χ0n) is 35.4. The summed E-state index contributed by atoms with van der Waals surface area (Å²) in [7, 11) is 0. The van der Waals surface area contributed by atoms with Crippen molar-refractivity contribution in [1.82, 2.24) is 4.90 Å². The first kappa shape index (κ1) is 50.0. The van der Waals surface area contributed by atoms with Crippen LogP contribution in [0.25, 0.3) is 0 Å². The van der Waals surface area contributed by atoms with Gasteiger partial charge in [0.1, 0.15) is 0 Å². The van der Waals surface area contributed by atoms with Gasteiger partial charge in [0.25, 0.3) is 0 Å². The van der Waals surface area contributed by atoms with E-state index in [0.717, 1.165) is 44.2 Å². The summed E-state index contributed by atoms with van der Waals surface area (Å²) in [6.07, 6.45) is 41.6. The Balaban J connectivity index is 4.06. The van der Waals surface area contributed by atoms with Gasteiger partial charge in [-0.05, 0) is 70.9 Å². The molecule has 1 unspecified atom stereocenters. The van der Waals surface area contributed by atoms with Gasteiger partial charge in [0.15, 0.2) is 0 Å². The molecule has 0 aliphatic rings. The van der Waals surface area contributed by atoms with Crippen molar-refractivity contribution in [2.24, 2.45) is 5.92 Å². The Morgan fingerprint density at radius 3 is 1.41 bits per heavy atom. The Hall–Kier alpha value is -1.00. The maximum absolute atomic E-state index is 9.61. The average Bonchev–Trinajstić information content (AvgIpc) is 3.12. The van der Waals surface area contributed by atoms with Crippen LogP contribution in [0, 0.1) is 5.92 Å². The molecule has 1 N–H and O–H groups in total. The van der Waals surface area contributed by atoms with Crippen LogP contribution in [-0.4, -0.2) is 49.0 Å². The summed E-state index contributed by atoms with van der Waals surface area (Å²) in [6, 6.07) is 0. The molecule has 0 fully saturated rings. The summed E-state index contributed by atoms with van der Waals surface area (Å²) in [4.78, 5) is 2.48. The number of rotatable bonds is 43. The normalized spacial score (nSPS) is 12.2. The van der Waals surface area contributed by atoms with Crippen LogP contribution in [0.15, 0.2) is 24.7 Å². The lowest BCUT2D eigenvalue weighted by Crippen LogP contribution is -2.29. The Labute approximate surface area is 321 Å². The lowest BCUT2D eigenvalue weighted by molar-refractivity contribution is 0.0762. The Kier molecular flexibility index (Phi) is 39.4. The van der Waals surface area contributed by atoms with Crippen molar-refractivity contribution in [1.29, 1.82) is 0 Å². The van der Waals surface area contributed by atoms with Gasteiger partial charge in [-0.25, -0.2) is 0 Å². The van der Waals surface area contributed by atoms with Gasteiger partial charge in [-0.1, -0.05) is 182 Å². The van der Waals surface area contributed by atoms with Gasteiger partial charge in [0, 0.05) is 18.9 Å². The molecule has 1 atom stereocenters. The number of hydrogen-bond acceptors (Lipinski definition) is 4. The van der Waals surface area contributed by atoms with E-state index >= 15 is 0 Å². The number of unbranched alkanes of at least 4 members (excludes halogenated alkanes) is 23. The lowest BCUT2D eigenvalue weighted by atomic mass is 9.99. The molecule has 0 bridgehead atoms. The van der Waals surface area contributed by atoms with Gasteiger partial charge in [0.2, 0.25) is 0 Å². The van der Waals surface area contributed by atoms with E-state index in [-0.39, 0.29) is 6.61 Å². The topological polar surface area (TPSA) is 41.9 Å². The first-order chi connectivity index (χ1) is 25.0. The minimum Gasteiger partial charge on any atom is -0.499 e. The van der Waals surface area contributed by atoms with E-state index in [9.17, 15) is 5.11 Å². The third-order valence-corrected chi connectivity index (χ3v) is 10.9. The minimum absolute atomic E-state index is 0.263. The van der Waals surface area contributed by atoms with E-state index < -0.39 is 0 Å². The molecular formula is C47H93NO3. The van der Waals surface area contributed by atoms with Crippen LogP contribution in [0.5, 0.6) is 0 Å². The first-order valence-corrected chi connectivity index (χ1v) is 23.0. The van der Waals surface area contributed by atoms with Gasteiger partial charge in [-0.3, -0.25) is 0 Å². The zero-order chi connectivity index (χ0) is 37.5. The first-order valence-electron chi connectivity index (χ1n) is 23.0. The summed E-state index contributed by atoms with van der Waals surface area (Å²) in [6.45, 7) is 21.9. The highest BCUT2D eigenvalue weighted by molar-refractivity contribution is 4.90. The molecule has 0 aliphatic heterocycles. The maximum atomic E-state index is 9.61. The van der Waals surface area contributed by atoms with E-state index in [1.54, 1.807) is 0 Å². The van der Waals surface area contributed by atoms with Crippen LogP contribution < -0.4 is 0 Å². The van der Waals surface area contributed by atoms with Crippen LogP contribution in [0.2, 0.25) is 0 Å². The van der Waals surface area contributed by atoms with Gasteiger partial charge in [-0.2, -0.15) is 0 Å². The van der Waals surface area contributed by atoms with Gasteiger partial charge >= 0.3 is 0 Å². The number of aliphatic hydroxyl groups excluding tert-OH is 1. The second-order valence-electron chi connectivity index (χ2n) is 16.0. The molecule has 51 heavy (non-hydrogen) atoms. The van der Waals surface area contributed by atoms with Crippen LogP contribution in [-0.2, 0) is 9.47 Å². The molecule has 4 nitrogen and oxygen atoms in total. The van der Waals surface area contributed by atoms with E-state index in [1.165, 1.54) is 199 Å². The molecule has 0 aromatic carbocycles. The molecule has 0 saturated heterocycles. The minimum atomic E-state index is 0.263. The fraction of sp³-hybridized carbons (Fsp3) is 0.915. The summed E-state index contributed by atoms with van der Waals surface area (Å²) in [5.41, 5.74) is 0. The molecule has 0 aromatic heterocycles. The fourth-order valence-electron chi connectivity index (χ4n) is 7.21. The fourth-order valence-corrected chi connectivity index (χ4v) is 7.21. The number of allylic oxidation sites excluding steroid dienone is 2. The van der Waals surface area contributed by atoms with Crippen LogP contribution >= 0.6 is 0 Å². The zero-order valence-corrected chi connectivity index (χ0v) is 35.4. The highest BCUT2D eigenvalue weighted by Crippen LogP contribution is 2.24. The molecule has 0 saturated carbocycles. The van der Waals surface area contributed by atoms with Crippen molar-refractivity contribution in [2.45, 2.75) is 239 Å². The second kappa shape index (κ2) is 40.2. The average molecular weight is 720 g/mol. The molecule has 0 rings (SSSR count). The SMILES string of the molecule is C=C(CCCCCCCN(CCO)CCCCCCC(C)C(=C)OC(CCCCCCCC)CCCCCCCC)OCCCCCCCCC. The molecule has 304 valence electrons. The number of aliphatic hydroxyl groups is 1. The van der Waals surface area contributed by atoms with Crippen molar-refractivity contribution < 1.29 is 14.6 Å². The standard InChI is InChI=1S/C47H93NO3/c1-7-10-13-16-19-27-34-43-50-45(5)36-29-21-20-25-32-39-48(41-42-49)40-33-26-24-28-35-44(4)46(6)51-47(37-30-22-17-14-11-8-2)38-31-23-18-15-12-9-3/h44,47,49H,5-43H2,1-4H3. The van der Waals surface area contributed by atoms with Gasteiger partial charge < -0.3 is 19.5 Å². The molecule has 0 aromatic rings. The van der Waals surface area contributed by atoms with Crippen molar-refractivity contribution in [3.05, 3.63) is 24.7 Å². The van der Waals surface area contributed by atoms with E-state index in [0.29, 0.717) is 12.0 Å². The summed E-state index contributed by atoms with van der Waals surface area (Å²) in [5.74, 6) is 2.45. The third kappa shape index (κ3) is 35.8. The molecule has 4 heteroatoms. The van der Waals surface area contributed by atoms with E-state index in [4.69, 9.17) is 9.47 Å². The molecular weight excluding hydrogens is 627 g/mol. The highest BCUT2D eigenvalue weighted by atomic mass is 16.5. The third-order valence-electron chi connectivity index (χ3n) is 10.9. The lowest BCUT2D eigenvalue weighted by Gasteiger charge is -2.24. The van der Waals surface area contributed by atoms with Crippen molar-refractivity contribution >= 4 is 0 Å². The van der Waals surface area contributed by atoms with Crippen molar-refractivity contribution in [3.8, 4) is 0 Å². The number of hydrogen-bond donors (Lipinski definition) is 1. The Morgan fingerprint density at radius 2 is 0.922 bits per heavy atom. The number of nitrogens with zero attached hydrogens (tertiary/aromatic N) is 1. The molecule has 0 radical (unpaired) electrons. The van der Waals surface area contributed by atoms with Crippen LogP contribution in [0.1, 0.15) is 233 Å². The molecule has 0 aliphatic carbocycles. The number of ether oxygens (including phenoxy) is 2. The van der Waals surface area contributed by atoms with Crippen LogP contribution in [0.4, 0.5) is 0 Å². The Morgan fingerprint density at radius 1 is 0.510 bits per heavy atom. The van der Waals surface area contributed by atoms with E-state index in [2.05, 4.69) is 45.8 Å². The quantitative estimate of drug-likeness (QED) is 0.0503. The van der Waals surface area contributed by atoms with Crippen LogP contribution in [0.3, 0.4) is 0 Å². The van der Waals surface area contributed by atoms with Crippen molar-refractivity contribution in [3.63, 3.8) is 0 Å². The molecule has 0 heterocycles. The highest BCUT2D eigenvalue weighted by Gasteiger charge is 2.15. The largest absolute Gasteiger partial charge is 0.499 e. The predicted molar refractivity (Wildman–Crippen MR) is 227 cm³/mol. The second-order valence-corrected chi connectivity index (χ2v) is 16.0. The van der Waals surface area contributed by atoms with E-state index in [1.807, 2.05) is 0 Å². The monoisotopic (exact) mass is 720 g/mol. The summed E-state index contributed by atoms with van der Waals surface area (Å²) >= 11 is 0. The maximum Gasteiger partial charge on any atom is 0.0982 e. The molecule has 0 spiro atoms. The van der Waals surface area contributed by atoms with Gasteiger partial charge in [0.05, 0.1) is 30.8 Å². The predicted octanol–water partition coefficient (Wildman–Crippen LogP) is 14.9. The summed E-state index contributed by atoms with van der Waals surface area (Å²) < 4.78 is 12.4. The Bertz CT molecular complexity index is 708. The molecule has 0 amide bonds. The smallest absolute Gasteiger partial charge is 0.0982 e.